The molecule has 0 bridgehead atoms. The Morgan fingerprint density at radius 2 is 1.77 bits per heavy atom. The molecule has 0 saturated carbocycles. The minimum atomic E-state index is -0.715. The van der Waals surface area contributed by atoms with Crippen LogP contribution in [0.25, 0.3) is 44.5 Å². The lowest BCUT2D eigenvalue weighted by Gasteiger charge is -2.29. The van der Waals surface area contributed by atoms with E-state index >= 15 is 0 Å². The summed E-state index contributed by atoms with van der Waals surface area (Å²) in [4.78, 5) is 15.0. The van der Waals surface area contributed by atoms with Crippen molar-refractivity contribution in [3.63, 3.8) is 0 Å². The molecule has 5 heterocycles. The van der Waals surface area contributed by atoms with Gasteiger partial charge in [0.15, 0.2) is 0 Å². The Hall–Kier alpha value is -4.69. The van der Waals surface area contributed by atoms with Crippen LogP contribution in [0.5, 0.6) is 0 Å². The smallest absolute Gasteiger partial charge is 0.139 e. The summed E-state index contributed by atoms with van der Waals surface area (Å²) in [7, 11) is 0. The van der Waals surface area contributed by atoms with Crippen molar-refractivity contribution >= 4 is 33.3 Å². The number of aliphatic hydroxyl groups excluding tert-OH is 1. The molecule has 0 radical (unpaired) electrons. The number of aromatic nitrogens is 5. The molecule has 40 heavy (non-hydrogen) atoms. The molecule has 1 atom stereocenters. The Bertz CT molecular complexity index is 1770. The van der Waals surface area contributed by atoms with Gasteiger partial charge in [-0.25, -0.2) is 4.98 Å². The molecule has 2 aromatic carbocycles. The molecule has 7 rings (SSSR count). The van der Waals surface area contributed by atoms with Crippen LogP contribution in [-0.4, -0.2) is 49.6 Å². The summed E-state index contributed by atoms with van der Waals surface area (Å²) in [6.45, 7) is 2.17. The Morgan fingerprint density at radius 1 is 0.900 bits per heavy atom. The van der Waals surface area contributed by atoms with E-state index in [1.165, 1.54) is 24.9 Å². The van der Waals surface area contributed by atoms with Crippen LogP contribution in [0.2, 0.25) is 0 Å². The van der Waals surface area contributed by atoms with E-state index < -0.39 is 6.23 Å². The molecule has 4 N–H and O–H groups in total. The first kappa shape index (κ1) is 24.4. The van der Waals surface area contributed by atoms with Crippen LogP contribution in [0, 0.1) is 0 Å². The predicted octanol–water partition coefficient (Wildman–Crippen LogP) is 6.13. The standard InChI is InChI=1S/C32H31N7O/c40-30(15-21-7-3-1-4-8-21)35-24-16-23(19-33-20-24)22-9-10-27-25(17-22)31(38-37-27)28-18-26-29(11-12-34-32(26)36-28)39-13-5-2-6-14-39/h1,3-4,7-12,16-20,30,35,40H,2,5-6,13-15H2,(H,34,36)(H,37,38). The number of benzene rings is 2. The normalized spacial score (nSPS) is 14.6. The second-order valence-electron chi connectivity index (χ2n) is 10.5. The van der Waals surface area contributed by atoms with Crippen LogP contribution in [-0.2, 0) is 6.42 Å². The van der Waals surface area contributed by atoms with Crippen LogP contribution in [0.15, 0.2) is 85.3 Å². The number of aromatic amines is 2. The molecule has 1 aliphatic heterocycles. The third-order valence-corrected chi connectivity index (χ3v) is 7.70. The van der Waals surface area contributed by atoms with Gasteiger partial charge in [0.25, 0.3) is 0 Å². The number of fused-ring (bicyclic) bond motifs is 2. The summed E-state index contributed by atoms with van der Waals surface area (Å²) in [5.74, 6) is 0. The van der Waals surface area contributed by atoms with Gasteiger partial charge in [-0.1, -0.05) is 36.4 Å². The molecule has 8 nitrogen and oxygen atoms in total. The minimum Gasteiger partial charge on any atom is -0.373 e. The molecule has 0 aliphatic carbocycles. The second kappa shape index (κ2) is 10.5. The van der Waals surface area contributed by atoms with E-state index in [0.29, 0.717) is 6.42 Å². The number of hydrogen-bond acceptors (Lipinski definition) is 6. The molecule has 0 spiro atoms. The Kier molecular flexibility index (Phi) is 6.37. The first-order valence-electron chi connectivity index (χ1n) is 13.9. The van der Waals surface area contributed by atoms with Gasteiger partial charge >= 0.3 is 0 Å². The van der Waals surface area contributed by atoms with Crippen molar-refractivity contribution in [1.29, 1.82) is 0 Å². The minimum absolute atomic E-state index is 0.508. The molecule has 8 heteroatoms. The molecule has 1 aliphatic rings. The fraction of sp³-hybridized carbons (Fsp3) is 0.219. The largest absolute Gasteiger partial charge is 0.373 e. The lowest BCUT2D eigenvalue weighted by molar-refractivity contribution is 0.204. The van der Waals surface area contributed by atoms with Gasteiger partial charge < -0.3 is 20.3 Å². The van der Waals surface area contributed by atoms with E-state index in [0.717, 1.165) is 68.8 Å². The number of nitrogens with zero attached hydrogens (tertiary/aromatic N) is 4. The number of hydrogen-bond donors (Lipinski definition) is 4. The summed E-state index contributed by atoms with van der Waals surface area (Å²) in [5.41, 5.74) is 8.68. The maximum absolute atomic E-state index is 10.6. The highest BCUT2D eigenvalue weighted by Gasteiger charge is 2.18. The summed E-state index contributed by atoms with van der Waals surface area (Å²) in [6.07, 6.45) is 9.01. The number of pyridine rings is 2. The summed E-state index contributed by atoms with van der Waals surface area (Å²) >= 11 is 0. The van der Waals surface area contributed by atoms with E-state index in [2.05, 4.69) is 59.6 Å². The molecule has 4 aromatic heterocycles. The van der Waals surface area contributed by atoms with Gasteiger partial charge in [-0.05, 0) is 60.7 Å². The summed E-state index contributed by atoms with van der Waals surface area (Å²) < 4.78 is 0. The number of rotatable bonds is 7. The van der Waals surface area contributed by atoms with Gasteiger partial charge in [0.2, 0.25) is 0 Å². The summed E-state index contributed by atoms with van der Waals surface area (Å²) in [6, 6.07) is 22.5. The van der Waals surface area contributed by atoms with E-state index in [9.17, 15) is 5.11 Å². The Labute approximate surface area is 232 Å². The highest BCUT2D eigenvalue weighted by molar-refractivity contribution is 5.99. The molecule has 1 saturated heterocycles. The van der Waals surface area contributed by atoms with Crippen molar-refractivity contribution in [3.8, 4) is 22.5 Å². The van der Waals surface area contributed by atoms with Crippen molar-refractivity contribution in [2.75, 3.05) is 23.3 Å². The van der Waals surface area contributed by atoms with Crippen molar-refractivity contribution in [2.24, 2.45) is 0 Å². The van der Waals surface area contributed by atoms with Gasteiger partial charge in [0, 0.05) is 53.9 Å². The van der Waals surface area contributed by atoms with E-state index in [1.807, 2.05) is 54.9 Å². The number of piperidine rings is 1. The van der Waals surface area contributed by atoms with Crippen molar-refractivity contribution in [1.82, 2.24) is 25.1 Å². The zero-order chi connectivity index (χ0) is 26.9. The lowest BCUT2D eigenvalue weighted by Crippen LogP contribution is -2.29. The van der Waals surface area contributed by atoms with E-state index in [1.54, 1.807) is 6.20 Å². The predicted molar refractivity (Wildman–Crippen MR) is 160 cm³/mol. The van der Waals surface area contributed by atoms with Crippen LogP contribution >= 0.6 is 0 Å². The van der Waals surface area contributed by atoms with Gasteiger partial charge in [0.1, 0.15) is 17.6 Å². The highest BCUT2D eigenvalue weighted by atomic mass is 16.3. The Balaban J connectivity index is 1.18. The molecule has 1 unspecified atom stereocenters. The fourth-order valence-corrected chi connectivity index (χ4v) is 5.71. The molecular formula is C32H31N7O. The van der Waals surface area contributed by atoms with Gasteiger partial charge in [-0.3, -0.25) is 10.1 Å². The maximum atomic E-state index is 10.6. The van der Waals surface area contributed by atoms with Gasteiger partial charge in [-0.15, -0.1) is 0 Å². The van der Waals surface area contributed by atoms with Crippen LogP contribution in [0.1, 0.15) is 24.8 Å². The number of anilines is 2. The Morgan fingerprint density at radius 3 is 2.65 bits per heavy atom. The zero-order valence-corrected chi connectivity index (χ0v) is 22.1. The topological polar surface area (TPSA) is 106 Å². The molecule has 6 aromatic rings. The fourth-order valence-electron chi connectivity index (χ4n) is 5.71. The average Bonchev–Trinajstić information content (AvgIpc) is 3.62. The summed E-state index contributed by atoms with van der Waals surface area (Å²) in [5, 5.41) is 23.8. The third kappa shape index (κ3) is 4.78. The van der Waals surface area contributed by atoms with Crippen molar-refractivity contribution in [2.45, 2.75) is 31.9 Å². The second-order valence-corrected chi connectivity index (χ2v) is 10.5. The van der Waals surface area contributed by atoms with Gasteiger partial charge in [0.05, 0.1) is 23.1 Å². The van der Waals surface area contributed by atoms with E-state index in [4.69, 9.17) is 0 Å². The number of H-pyrrole nitrogens is 2. The molecular weight excluding hydrogens is 498 g/mol. The van der Waals surface area contributed by atoms with E-state index in [-0.39, 0.29) is 0 Å². The maximum Gasteiger partial charge on any atom is 0.139 e. The van der Waals surface area contributed by atoms with Crippen LogP contribution in [0.3, 0.4) is 0 Å². The quantitative estimate of drug-likeness (QED) is 0.185. The van der Waals surface area contributed by atoms with Crippen LogP contribution < -0.4 is 10.2 Å². The number of nitrogens with one attached hydrogen (secondary N) is 3. The first-order valence-corrected chi connectivity index (χ1v) is 13.9. The lowest BCUT2D eigenvalue weighted by atomic mass is 10.0. The number of aliphatic hydroxyl groups is 1. The zero-order valence-electron chi connectivity index (χ0n) is 22.1. The molecule has 0 amide bonds. The average molecular weight is 530 g/mol. The van der Waals surface area contributed by atoms with Crippen LogP contribution in [0.4, 0.5) is 11.4 Å². The van der Waals surface area contributed by atoms with Crippen molar-refractivity contribution in [3.05, 3.63) is 90.9 Å². The third-order valence-electron chi connectivity index (χ3n) is 7.70. The van der Waals surface area contributed by atoms with Crippen molar-refractivity contribution < 1.29 is 5.11 Å². The van der Waals surface area contributed by atoms with Gasteiger partial charge in [-0.2, -0.15) is 5.10 Å². The SMILES string of the molecule is OC(Cc1ccccc1)Nc1cncc(-c2ccc3[nH]nc(-c4cc5c(N6CCCCC6)ccnc5[nH]4)c3c2)c1. The first-order chi connectivity index (χ1) is 19.7. The molecule has 1 fully saturated rings. The monoisotopic (exact) mass is 529 g/mol. The highest BCUT2D eigenvalue weighted by Crippen LogP contribution is 2.35. The molecule has 200 valence electrons.